The van der Waals surface area contributed by atoms with Crippen molar-refractivity contribution in [3.63, 3.8) is 0 Å². The zero-order valence-electron chi connectivity index (χ0n) is 6.46. The van der Waals surface area contributed by atoms with Gasteiger partial charge in [-0.15, -0.1) is 0 Å². The summed E-state index contributed by atoms with van der Waals surface area (Å²) in [5.41, 5.74) is -1.71. The van der Waals surface area contributed by atoms with Crippen LogP contribution in [0.5, 0.6) is 0 Å². The van der Waals surface area contributed by atoms with Crippen molar-refractivity contribution in [2.24, 2.45) is 12.0 Å². The molecule has 13 heavy (non-hydrogen) atoms. The van der Waals surface area contributed by atoms with Gasteiger partial charge in [-0.05, 0) is 0 Å². The second-order valence-electron chi connectivity index (χ2n) is 2.24. The molecule has 0 bridgehead atoms. The topological polar surface area (TPSA) is 47.2 Å². The number of halogens is 3. The minimum Gasteiger partial charge on any atom is -0.273 e. The Morgan fingerprint density at radius 3 is 2.69 bits per heavy atom. The van der Waals surface area contributed by atoms with Crippen molar-refractivity contribution in [1.29, 1.82) is 0 Å². The van der Waals surface area contributed by atoms with Gasteiger partial charge in [-0.1, -0.05) is 0 Å². The van der Waals surface area contributed by atoms with E-state index in [0.717, 1.165) is 17.0 Å². The zero-order valence-corrected chi connectivity index (χ0v) is 6.46. The van der Waals surface area contributed by atoms with Crippen molar-refractivity contribution in [2.45, 2.75) is 6.18 Å². The van der Waals surface area contributed by atoms with Crippen LogP contribution in [-0.4, -0.2) is 15.9 Å². The number of hydrogen-bond donors (Lipinski definition) is 0. The molecule has 4 nitrogen and oxygen atoms in total. The maximum absolute atomic E-state index is 12.1. The molecule has 0 unspecified atom stereocenters. The van der Waals surface area contributed by atoms with Crippen molar-refractivity contribution in [3.8, 4) is 0 Å². The van der Waals surface area contributed by atoms with Crippen LogP contribution in [0.4, 0.5) is 18.9 Å². The first-order chi connectivity index (χ1) is 5.95. The number of carbonyl (C=O) groups excluding carboxylic acids is 1. The summed E-state index contributed by atoms with van der Waals surface area (Å²) in [6.07, 6.45) is -2.58. The Kier molecular flexibility index (Phi) is 2.20. The summed E-state index contributed by atoms with van der Waals surface area (Å²) in [4.78, 5) is 12.7. The van der Waals surface area contributed by atoms with Crippen LogP contribution in [0.2, 0.25) is 0 Å². The first-order valence-electron chi connectivity index (χ1n) is 3.14. The van der Waals surface area contributed by atoms with Gasteiger partial charge >= 0.3 is 6.18 Å². The summed E-state index contributed by atoms with van der Waals surface area (Å²) in [7, 11) is 1.30. The molecule has 70 valence electrons. The normalized spacial score (nSPS) is 11.1. The standard InChI is InChI=1S/C6H4F3N3O/c1-12-2-4(10-3-13)5(11-12)6(7,8)9/h2H,1H3. The fraction of sp³-hybridized carbons (Fsp3) is 0.333. The minimum atomic E-state index is -4.60. The quantitative estimate of drug-likeness (QED) is 0.497. The summed E-state index contributed by atoms with van der Waals surface area (Å²) >= 11 is 0. The largest absolute Gasteiger partial charge is 0.437 e. The van der Waals surface area contributed by atoms with E-state index in [9.17, 15) is 18.0 Å². The number of isocyanates is 1. The highest BCUT2D eigenvalue weighted by Crippen LogP contribution is 2.34. The van der Waals surface area contributed by atoms with E-state index >= 15 is 0 Å². The third-order valence-electron chi connectivity index (χ3n) is 1.24. The molecule has 0 N–H and O–H groups in total. The van der Waals surface area contributed by atoms with Crippen molar-refractivity contribution < 1.29 is 18.0 Å². The van der Waals surface area contributed by atoms with Crippen molar-refractivity contribution in [1.82, 2.24) is 9.78 Å². The molecule has 0 aliphatic rings. The summed E-state index contributed by atoms with van der Waals surface area (Å²) in [5, 5.41) is 3.12. The summed E-state index contributed by atoms with van der Waals surface area (Å²) in [6, 6.07) is 0. The lowest BCUT2D eigenvalue weighted by atomic mass is 10.4. The molecule has 7 heteroatoms. The number of aliphatic imine (C=N–C) groups is 1. The molecule has 1 rings (SSSR count). The number of aryl methyl sites for hydroxylation is 1. The first-order valence-corrected chi connectivity index (χ1v) is 3.14. The lowest BCUT2D eigenvalue weighted by Crippen LogP contribution is -2.06. The highest BCUT2D eigenvalue weighted by atomic mass is 19.4. The predicted molar refractivity (Wildman–Crippen MR) is 36.0 cm³/mol. The smallest absolute Gasteiger partial charge is 0.273 e. The average Bonchev–Trinajstić information content (AvgIpc) is 2.30. The van der Waals surface area contributed by atoms with Crippen LogP contribution >= 0.6 is 0 Å². The predicted octanol–water partition coefficient (Wildman–Crippen LogP) is 1.41. The van der Waals surface area contributed by atoms with Gasteiger partial charge in [0.2, 0.25) is 6.08 Å². The fourth-order valence-electron chi connectivity index (χ4n) is 0.809. The monoisotopic (exact) mass is 191 g/mol. The van der Waals surface area contributed by atoms with E-state index < -0.39 is 17.6 Å². The van der Waals surface area contributed by atoms with E-state index in [1.165, 1.54) is 7.05 Å². The number of aromatic nitrogens is 2. The van der Waals surface area contributed by atoms with Gasteiger partial charge in [0.25, 0.3) is 0 Å². The van der Waals surface area contributed by atoms with Gasteiger partial charge in [-0.25, -0.2) is 4.79 Å². The van der Waals surface area contributed by atoms with Crippen molar-refractivity contribution in [2.75, 3.05) is 0 Å². The SMILES string of the molecule is Cn1cc(N=C=O)c(C(F)(F)F)n1. The molecule has 0 atom stereocenters. The number of rotatable bonds is 1. The summed E-state index contributed by atoms with van der Waals surface area (Å²) in [5.74, 6) is 0. The highest BCUT2D eigenvalue weighted by Gasteiger charge is 2.37. The number of hydrogen-bond acceptors (Lipinski definition) is 3. The van der Waals surface area contributed by atoms with Crippen LogP contribution < -0.4 is 0 Å². The van der Waals surface area contributed by atoms with Gasteiger partial charge in [0.15, 0.2) is 5.69 Å². The highest BCUT2D eigenvalue weighted by molar-refractivity contribution is 5.51. The minimum absolute atomic E-state index is 0.523. The third kappa shape index (κ3) is 1.94. The van der Waals surface area contributed by atoms with Gasteiger partial charge in [0, 0.05) is 7.05 Å². The van der Waals surface area contributed by atoms with E-state index in [1.807, 2.05) is 0 Å². The van der Waals surface area contributed by atoms with E-state index in [4.69, 9.17) is 0 Å². The molecule has 0 radical (unpaired) electrons. The van der Waals surface area contributed by atoms with Gasteiger partial charge in [0.05, 0.1) is 6.20 Å². The van der Waals surface area contributed by atoms with Crippen LogP contribution in [-0.2, 0) is 18.0 Å². The van der Waals surface area contributed by atoms with E-state index in [-0.39, 0.29) is 0 Å². The Morgan fingerprint density at radius 2 is 2.23 bits per heavy atom. The van der Waals surface area contributed by atoms with Gasteiger partial charge in [-0.2, -0.15) is 23.3 Å². The molecule has 0 fully saturated rings. The molecule has 0 amide bonds. The van der Waals surface area contributed by atoms with Crippen molar-refractivity contribution >= 4 is 11.8 Å². The number of nitrogens with zero attached hydrogens (tertiary/aromatic N) is 3. The van der Waals surface area contributed by atoms with Crippen LogP contribution in [0.3, 0.4) is 0 Å². The number of alkyl halides is 3. The molecule has 0 aliphatic carbocycles. The van der Waals surface area contributed by atoms with E-state index in [1.54, 1.807) is 0 Å². The Morgan fingerprint density at radius 1 is 1.62 bits per heavy atom. The molecule has 0 aliphatic heterocycles. The van der Waals surface area contributed by atoms with Crippen LogP contribution in [0, 0.1) is 0 Å². The molecule has 0 aromatic carbocycles. The molecule has 0 saturated carbocycles. The maximum atomic E-state index is 12.1. The Balaban J connectivity index is 3.27. The maximum Gasteiger partial charge on any atom is 0.437 e. The Bertz CT molecular complexity index is 362. The third-order valence-corrected chi connectivity index (χ3v) is 1.24. The molecule has 1 aromatic heterocycles. The molecule has 0 spiro atoms. The second kappa shape index (κ2) is 3.02. The fourth-order valence-corrected chi connectivity index (χ4v) is 0.809. The van der Waals surface area contributed by atoms with E-state index in [0.29, 0.717) is 0 Å². The van der Waals surface area contributed by atoms with E-state index in [2.05, 4.69) is 10.1 Å². The summed E-state index contributed by atoms with van der Waals surface area (Å²) < 4.78 is 37.3. The second-order valence-corrected chi connectivity index (χ2v) is 2.24. The lowest BCUT2D eigenvalue weighted by molar-refractivity contribution is -0.140. The molecular formula is C6H4F3N3O. The molecular weight excluding hydrogens is 187 g/mol. The first kappa shape index (κ1) is 9.47. The van der Waals surface area contributed by atoms with Gasteiger partial charge < -0.3 is 0 Å². The zero-order chi connectivity index (χ0) is 10.1. The Hall–Kier alpha value is -1.62. The molecule has 0 saturated heterocycles. The molecule has 1 aromatic rings. The average molecular weight is 191 g/mol. The Labute approximate surface area is 70.7 Å². The van der Waals surface area contributed by atoms with Crippen LogP contribution in [0.1, 0.15) is 5.69 Å². The summed E-state index contributed by atoms with van der Waals surface area (Å²) in [6.45, 7) is 0. The van der Waals surface area contributed by atoms with Gasteiger partial charge in [-0.3, -0.25) is 4.68 Å². The lowest BCUT2D eigenvalue weighted by Gasteiger charge is -2.00. The van der Waals surface area contributed by atoms with Gasteiger partial charge in [0.1, 0.15) is 5.69 Å². The van der Waals surface area contributed by atoms with Crippen LogP contribution in [0.25, 0.3) is 0 Å². The van der Waals surface area contributed by atoms with Crippen molar-refractivity contribution in [3.05, 3.63) is 11.9 Å². The molecule has 1 heterocycles. The van der Waals surface area contributed by atoms with Crippen LogP contribution in [0.15, 0.2) is 11.2 Å².